The Bertz CT molecular complexity index is 428. The van der Waals surface area contributed by atoms with Gasteiger partial charge in [0.25, 0.3) is 0 Å². The van der Waals surface area contributed by atoms with Gasteiger partial charge in [0.1, 0.15) is 5.82 Å². The predicted molar refractivity (Wildman–Crippen MR) is 61.3 cm³/mol. The molecule has 0 amide bonds. The number of hydrogen-bond acceptors (Lipinski definition) is 4. The molecule has 15 heavy (non-hydrogen) atoms. The van der Waals surface area contributed by atoms with Crippen molar-refractivity contribution in [3.05, 3.63) is 42.9 Å². The average Bonchev–Trinajstić information content (AvgIpc) is 2.31. The summed E-state index contributed by atoms with van der Waals surface area (Å²) in [6, 6.07) is 7.97. The molecule has 1 aromatic heterocycles. The van der Waals surface area contributed by atoms with E-state index in [0.29, 0.717) is 0 Å². The molecular weight excluding hydrogens is 188 g/mol. The SMILES string of the molecule is CNc1cccc(Nc2cnccn2)c1. The highest BCUT2D eigenvalue weighted by atomic mass is 15.0. The fraction of sp³-hybridized carbons (Fsp3) is 0.0909. The van der Waals surface area contributed by atoms with Crippen LogP contribution in [0, 0.1) is 0 Å². The summed E-state index contributed by atoms with van der Waals surface area (Å²) in [7, 11) is 1.89. The summed E-state index contributed by atoms with van der Waals surface area (Å²) in [5.41, 5.74) is 2.05. The molecule has 0 fully saturated rings. The minimum Gasteiger partial charge on any atom is -0.388 e. The van der Waals surface area contributed by atoms with Crippen LogP contribution in [0.1, 0.15) is 0 Å². The summed E-state index contributed by atoms with van der Waals surface area (Å²) < 4.78 is 0. The van der Waals surface area contributed by atoms with Crippen molar-refractivity contribution in [3.63, 3.8) is 0 Å². The first-order valence-electron chi connectivity index (χ1n) is 4.69. The summed E-state index contributed by atoms with van der Waals surface area (Å²) in [6.45, 7) is 0. The maximum Gasteiger partial charge on any atom is 0.148 e. The second-order valence-electron chi connectivity index (χ2n) is 3.05. The molecule has 0 bridgehead atoms. The molecule has 76 valence electrons. The van der Waals surface area contributed by atoms with Crippen LogP contribution in [0.25, 0.3) is 0 Å². The van der Waals surface area contributed by atoms with Gasteiger partial charge < -0.3 is 10.6 Å². The molecular formula is C11H12N4. The lowest BCUT2D eigenvalue weighted by atomic mass is 10.3. The van der Waals surface area contributed by atoms with E-state index in [2.05, 4.69) is 20.6 Å². The first-order chi connectivity index (χ1) is 7.38. The van der Waals surface area contributed by atoms with Crippen molar-refractivity contribution in [1.82, 2.24) is 9.97 Å². The van der Waals surface area contributed by atoms with E-state index in [1.807, 2.05) is 31.3 Å². The van der Waals surface area contributed by atoms with Gasteiger partial charge in [0.15, 0.2) is 0 Å². The van der Waals surface area contributed by atoms with Crippen molar-refractivity contribution in [1.29, 1.82) is 0 Å². The van der Waals surface area contributed by atoms with Crippen molar-refractivity contribution in [2.75, 3.05) is 17.7 Å². The number of nitrogens with zero attached hydrogens (tertiary/aromatic N) is 2. The molecule has 2 aromatic rings. The number of anilines is 3. The zero-order chi connectivity index (χ0) is 10.5. The fourth-order valence-corrected chi connectivity index (χ4v) is 1.26. The van der Waals surface area contributed by atoms with Crippen LogP contribution >= 0.6 is 0 Å². The molecule has 4 heteroatoms. The molecule has 1 aromatic carbocycles. The van der Waals surface area contributed by atoms with E-state index in [9.17, 15) is 0 Å². The Morgan fingerprint density at radius 1 is 1.13 bits per heavy atom. The van der Waals surface area contributed by atoms with Gasteiger partial charge in [0.05, 0.1) is 6.20 Å². The smallest absolute Gasteiger partial charge is 0.148 e. The monoisotopic (exact) mass is 200 g/mol. The van der Waals surface area contributed by atoms with Crippen LogP contribution in [0.3, 0.4) is 0 Å². The molecule has 2 rings (SSSR count). The largest absolute Gasteiger partial charge is 0.388 e. The van der Waals surface area contributed by atoms with Crippen LogP contribution in [0.2, 0.25) is 0 Å². The maximum atomic E-state index is 4.14. The standard InChI is InChI=1S/C11H12N4/c1-12-9-3-2-4-10(7-9)15-11-8-13-5-6-14-11/h2-8,12H,1H3,(H,14,15). The van der Waals surface area contributed by atoms with E-state index in [4.69, 9.17) is 0 Å². The Balaban J connectivity index is 2.17. The van der Waals surface area contributed by atoms with Gasteiger partial charge in [0.2, 0.25) is 0 Å². The van der Waals surface area contributed by atoms with E-state index < -0.39 is 0 Å². The van der Waals surface area contributed by atoms with Crippen LogP contribution in [0.5, 0.6) is 0 Å². The Kier molecular flexibility index (Phi) is 2.78. The first-order valence-corrected chi connectivity index (χ1v) is 4.69. The van der Waals surface area contributed by atoms with Crippen molar-refractivity contribution < 1.29 is 0 Å². The Morgan fingerprint density at radius 2 is 2.00 bits per heavy atom. The molecule has 0 atom stereocenters. The fourth-order valence-electron chi connectivity index (χ4n) is 1.26. The number of benzene rings is 1. The van der Waals surface area contributed by atoms with Gasteiger partial charge in [-0.25, -0.2) is 4.98 Å². The topological polar surface area (TPSA) is 49.8 Å². The van der Waals surface area contributed by atoms with Crippen LogP contribution in [0.15, 0.2) is 42.9 Å². The highest BCUT2D eigenvalue weighted by Crippen LogP contribution is 2.17. The van der Waals surface area contributed by atoms with E-state index in [1.165, 1.54) is 0 Å². The summed E-state index contributed by atoms with van der Waals surface area (Å²) in [6.07, 6.45) is 4.99. The third kappa shape index (κ3) is 2.43. The lowest BCUT2D eigenvalue weighted by molar-refractivity contribution is 1.20. The summed E-state index contributed by atoms with van der Waals surface area (Å²) in [5, 5.41) is 6.24. The third-order valence-electron chi connectivity index (χ3n) is 1.99. The first kappa shape index (κ1) is 9.45. The Hall–Kier alpha value is -2.10. The molecule has 0 aliphatic rings. The minimum atomic E-state index is 0.741. The van der Waals surface area contributed by atoms with Gasteiger partial charge in [-0.2, -0.15) is 0 Å². The van der Waals surface area contributed by atoms with E-state index >= 15 is 0 Å². The van der Waals surface area contributed by atoms with Crippen LogP contribution in [-0.2, 0) is 0 Å². The molecule has 0 radical (unpaired) electrons. The average molecular weight is 200 g/mol. The second kappa shape index (κ2) is 4.41. The quantitative estimate of drug-likeness (QED) is 0.798. The Morgan fingerprint density at radius 3 is 2.73 bits per heavy atom. The number of hydrogen-bond donors (Lipinski definition) is 2. The Labute approximate surface area is 88.4 Å². The van der Waals surface area contributed by atoms with Crippen molar-refractivity contribution >= 4 is 17.2 Å². The lowest BCUT2D eigenvalue weighted by Gasteiger charge is -2.06. The molecule has 1 heterocycles. The zero-order valence-corrected chi connectivity index (χ0v) is 8.44. The molecule has 2 N–H and O–H groups in total. The molecule has 0 saturated heterocycles. The minimum absolute atomic E-state index is 0.741. The summed E-state index contributed by atoms with van der Waals surface area (Å²) in [5.74, 6) is 0.741. The third-order valence-corrected chi connectivity index (χ3v) is 1.99. The highest BCUT2D eigenvalue weighted by molar-refractivity contribution is 5.61. The zero-order valence-electron chi connectivity index (χ0n) is 8.44. The second-order valence-corrected chi connectivity index (χ2v) is 3.05. The number of aromatic nitrogens is 2. The predicted octanol–water partition coefficient (Wildman–Crippen LogP) is 2.26. The normalized spacial score (nSPS) is 9.67. The van der Waals surface area contributed by atoms with Gasteiger partial charge in [-0.15, -0.1) is 0 Å². The van der Waals surface area contributed by atoms with Crippen molar-refractivity contribution in [2.24, 2.45) is 0 Å². The van der Waals surface area contributed by atoms with E-state index in [1.54, 1.807) is 18.6 Å². The van der Waals surface area contributed by atoms with Gasteiger partial charge in [-0.05, 0) is 18.2 Å². The summed E-state index contributed by atoms with van der Waals surface area (Å²) >= 11 is 0. The van der Waals surface area contributed by atoms with Crippen LogP contribution < -0.4 is 10.6 Å². The van der Waals surface area contributed by atoms with Crippen molar-refractivity contribution in [2.45, 2.75) is 0 Å². The maximum absolute atomic E-state index is 4.14. The van der Waals surface area contributed by atoms with Gasteiger partial charge in [-0.3, -0.25) is 4.98 Å². The van der Waals surface area contributed by atoms with Crippen molar-refractivity contribution in [3.8, 4) is 0 Å². The van der Waals surface area contributed by atoms with Crippen LogP contribution in [-0.4, -0.2) is 17.0 Å². The molecule has 0 saturated carbocycles. The number of nitrogens with one attached hydrogen (secondary N) is 2. The van der Waals surface area contributed by atoms with E-state index in [-0.39, 0.29) is 0 Å². The molecule has 0 spiro atoms. The molecule has 0 aliphatic carbocycles. The van der Waals surface area contributed by atoms with Gasteiger partial charge in [-0.1, -0.05) is 6.07 Å². The summed E-state index contributed by atoms with van der Waals surface area (Å²) in [4.78, 5) is 8.12. The van der Waals surface area contributed by atoms with Gasteiger partial charge >= 0.3 is 0 Å². The van der Waals surface area contributed by atoms with E-state index in [0.717, 1.165) is 17.2 Å². The van der Waals surface area contributed by atoms with Gasteiger partial charge in [0, 0.05) is 30.8 Å². The highest BCUT2D eigenvalue weighted by Gasteiger charge is 1.95. The molecule has 0 aliphatic heterocycles. The lowest BCUT2D eigenvalue weighted by Crippen LogP contribution is -1.95. The number of rotatable bonds is 3. The molecule has 0 unspecified atom stereocenters. The van der Waals surface area contributed by atoms with Crippen LogP contribution in [0.4, 0.5) is 17.2 Å². The molecule has 4 nitrogen and oxygen atoms in total.